The fraction of sp³-hybridized carbons (Fsp3) is 0.0526. The van der Waals surface area contributed by atoms with Gasteiger partial charge in [-0.15, -0.1) is 6.42 Å². The Labute approximate surface area is 117 Å². The molecule has 1 nitrogen and oxygen atoms in total. The van der Waals surface area contributed by atoms with Gasteiger partial charge in [0.2, 0.25) is 0 Å². The number of hydrogen-bond acceptors (Lipinski definition) is 1. The first-order valence-electron chi connectivity index (χ1n) is 6.61. The van der Waals surface area contributed by atoms with Crippen LogP contribution in [0.2, 0.25) is 0 Å². The minimum Gasteiger partial charge on any atom is -0.480 e. The van der Waals surface area contributed by atoms with E-state index in [1.54, 1.807) is 0 Å². The van der Waals surface area contributed by atoms with E-state index >= 15 is 0 Å². The van der Waals surface area contributed by atoms with Crippen LogP contribution < -0.4 is 4.74 Å². The van der Waals surface area contributed by atoms with Gasteiger partial charge in [-0.25, -0.2) is 0 Å². The summed E-state index contributed by atoms with van der Waals surface area (Å²) in [5.41, 5.74) is 0. The second kappa shape index (κ2) is 4.15. The molecule has 0 unspecified atom stereocenters. The van der Waals surface area contributed by atoms with Crippen LogP contribution in [0.1, 0.15) is 0 Å². The standard InChI is InChI=1S/C19H12O/c1-2-12-20-17-11-9-15-7-6-13-4-3-5-14-8-10-16(17)19(15)18(13)14/h1,3-11H,12H2. The van der Waals surface area contributed by atoms with Gasteiger partial charge in [-0.1, -0.05) is 48.4 Å². The minimum absolute atomic E-state index is 0.296. The molecule has 94 valence electrons. The fourth-order valence-electron chi connectivity index (χ4n) is 2.95. The zero-order valence-corrected chi connectivity index (χ0v) is 10.9. The molecule has 0 N–H and O–H groups in total. The SMILES string of the molecule is C#CCOc1ccc2ccc3cccc4ccc1c2c34. The maximum Gasteiger partial charge on any atom is 0.148 e. The van der Waals surface area contributed by atoms with Crippen LogP contribution in [0.15, 0.2) is 54.6 Å². The Balaban J connectivity index is 2.18. The molecule has 4 aromatic carbocycles. The lowest BCUT2D eigenvalue weighted by Gasteiger charge is -2.13. The molecule has 4 aromatic rings. The third-order valence-electron chi connectivity index (χ3n) is 3.80. The molecule has 0 aliphatic heterocycles. The highest BCUT2D eigenvalue weighted by Crippen LogP contribution is 2.38. The van der Waals surface area contributed by atoms with Crippen LogP contribution in [0.3, 0.4) is 0 Å². The van der Waals surface area contributed by atoms with Gasteiger partial charge in [0.15, 0.2) is 0 Å². The van der Waals surface area contributed by atoms with Crippen molar-refractivity contribution in [2.24, 2.45) is 0 Å². The van der Waals surface area contributed by atoms with Gasteiger partial charge in [-0.2, -0.15) is 0 Å². The Morgan fingerprint density at radius 3 is 2.20 bits per heavy atom. The molecule has 0 saturated carbocycles. The molecule has 0 spiro atoms. The second-order valence-corrected chi connectivity index (χ2v) is 4.91. The van der Waals surface area contributed by atoms with Gasteiger partial charge < -0.3 is 4.74 Å². The number of benzene rings is 4. The van der Waals surface area contributed by atoms with Crippen molar-refractivity contribution in [3.63, 3.8) is 0 Å². The van der Waals surface area contributed by atoms with Crippen molar-refractivity contribution < 1.29 is 4.74 Å². The van der Waals surface area contributed by atoms with Crippen molar-refractivity contribution in [3.8, 4) is 18.1 Å². The molecule has 0 radical (unpaired) electrons. The number of terminal acetylenes is 1. The van der Waals surface area contributed by atoms with Crippen molar-refractivity contribution in [3.05, 3.63) is 54.6 Å². The molecule has 0 saturated heterocycles. The highest BCUT2D eigenvalue weighted by Gasteiger charge is 2.10. The third-order valence-corrected chi connectivity index (χ3v) is 3.80. The van der Waals surface area contributed by atoms with Gasteiger partial charge in [0, 0.05) is 10.8 Å². The molecule has 0 bridgehead atoms. The van der Waals surface area contributed by atoms with Gasteiger partial charge in [0.05, 0.1) is 0 Å². The number of ether oxygens (including phenoxy) is 1. The van der Waals surface area contributed by atoms with E-state index in [0.717, 1.165) is 11.1 Å². The van der Waals surface area contributed by atoms with Gasteiger partial charge >= 0.3 is 0 Å². The van der Waals surface area contributed by atoms with Crippen molar-refractivity contribution >= 4 is 32.3 Å². The molecule has 0 amide bonds. The maximum absolute atomic E-state index is 5.68. The predicted molar refractivity (Wildman–Crippen MR) is 84.5 cm³/mol. The van der Waals surface area contributed by atoms with Crippen LogP contribution in [-0.4, -0.2) is 6.61 Å². The summed E-state index contributed by atoms with van der Waals surface area (Å²) in [6, 6.07) is 19.1. The first-order valence-corrected chi connectivity index (χ1v) is 6.61. The Kier molecular flexibility index (Phi) is 2.31. The predicted octanol–water partition coefficient (Wildman–Crippen LogP) is 4.60. The molecule has 0 aliphatic carbocycles. The van der Waals surface area contributed by atoms with Crippen molar-refractivity contribution in [2.75, 3.05) is 6.61 Å². The molecule has 0 heterocycles. The summed E-state index contributed by atoms with van der Waals surface area (Å²) in [6.07, 6.45) is 5.29. The molecule has 0 aromatic heterocycles. The summed E-state index contributed by atoms with van der Waals surface area (Å²) >= 11 is 0. The summed E-state index contributed by atoms with van der Waals surface area (Å²) in [6.45, 7) is 0.296. The van der Waals surface area contributed by atoms with Gasteiger partial charge in [-0.05, 0) is 33.7 Å². The Bertz CT molecular complexity index is 944. The number of rotatable bonds is 2. The van der Waals surface area contributed by atoms with Crippen LogP contribution in [0, 0.1) is 12.3 Å². The van der Waals surface area contributed by atoms with E-state index in [4.69, 9.17) is 11.2 Å². The lowest BCUT2D eigenvalue weighted by atomic mass is 9.94. The van der Waals surface area contributed by atoms with Crippen LogP contribution >= 0.6 is 0 Å². The quantitative estimate of drug-likeness (QED) is 0.376. The molecule has 20 heavy (non-hydrogen) atoms. The lowest BCUT2D eigenvalue weighted by Crippen LogP contribution is -1.95. The normalized spacial score (nSPS) is 11.2. The molecular formula is C19H12O. The zero-order valence-electron chi connectivity index (χ0n) is 10.9. The molecule has 0 atom stereocenters. The molecular weight excluding hydrogens is 244 g/mol. The van der Waals surface area contributed by atoms with Crippen LogP contribution in [0.4, 0.5) is 0 Å². The first kappa shape index (κ1) is 11.1. The van der Waals surface area contributed by atoms with E-state index in [1.807, 2.05) is 6.07 Å². The topological polar surface area (TPSA) is 9.23 Å². The van der Waals surface area contributed by atoms with E-state index in [2.05, 4.69) is 54.5 Å². The molecule has 4 rings (SSSR count). The summed E-state index contributed by atoms with van der Waals surface area (Å²) in [4.78, 5) is 0. The van der Waals surface area contributed by atoms with E-state index in [1.165, 1.54) is 26.9 Å². The summed E-state index contributed by atoms with van der Waals surface area (Å²) in [5, 5.41) is 7.44. The monoisotopic (exact) mass is 256 g/mol. The van der Waals surface area contributed by atoms with E-state index in [9.17, 15) is 0 Å². The van der Waals surface area contributed by atoms with Crippen molar-refractivity contribution in [1.82, 2.24) is 0 Å². The van der Waals surface area contributed by atoms with Crippen LogP contribution in [0.25, 0.3) is 32.3 Å². The summed E-state index contributed by atoms with van der Waals surface area (Å²) < 4.78 is 5.68. The molecule has 0 fully saturated rings. The molecule has 0 aliphatic rings. The maximum atomic E-state index is 5.68. The Morgan fingerprint density at radius 2 is 1.45 bits per heavy atom. The van der Waals surface area contributed by atoms with Crippen LogP contribution in [0.5, 0.6) is 5.75 Å². The third kappa shape index (κ3) is 1.45. The fourth-order valence-corrected chi connectivity index (χ4v) is 2.95. The van der Waals surface area contributed by atoms with Gasteiger partial charge in [-0.3, -0.25) is 0 Å². The van der Waals surface area contributed by atoms with E-state index < -0.39 is 0 Å². The highest BCUT2D eigenvalue weighted by molar-refractivity contribution is 6.24. The van der Waals surface area contributed by atoms with Gasteiger partial charge in [0.1, 0.15) is 12.4 Å². The lowest BCUT2D eigenvalue weighted by molar-refractivity contribution is 0.375. The average Bonchev–Trinajstić information content (AvgIpc) is 2.51. The Morgan fingerprint density at radius 1 is 0.800 bits per heavy atom. The molecule has 1 heteroatoms. The first-order chi connectivity index (χ1) is 9.88. The smallest absolute Gasteiger partial charge is 0.148 e. The largest absolute Gasteiger partial charge is 0.480 e. The van der Waals surface area contributed by atoms with Crippen LogP contribution in [-0.2, 0) is 0 Å². The van der Waals surface area contributed by atoms with E-state index in [-0.39, 0.29) is 0 Å². The Hall–Kier alpha value is -2.72. The highest BCUT2D eigenvalue weighted by atomic mass is 16.5. The van der Waals surface area contributed by atoms with E-state index in [0.29, 0.717) is 6.61 Å². The second-order valence-electron chi connectivity index (χ2n) is 4.91. The van der Waals surface area contributed by atoms with Gasteiger partial charge in [0.25, 0.3) is 0 Å². The van der Waals surface area contributed by atoms with Crippen molar-refractivity contribution in [2.45, 2.75) is 0 Å². The zero-order chi connectivity index (χ0) is 13.5. The van der Waals surface area contributed by atoms with Crippen molar-refractivity contribution in [1.29, 1.82) is 0 Å². The minimum atomic E-state index is 0.296. The summed E-state index contributed by atoms with van der Waals surface area (Å²) in [7, 11) is 0. The average molecular weight is 256 g/mol. The number of hydrogen-bond donors (Lipinski definition) is 0. The summed E-state index contributed by atoms with van der Waals surface area (Å²) in [5.74, 6) is 3.38.